The molecule has 1 aliphatic heterocycles. The van der Waals surface area contributed by atoms with Gasteiger partial charge >= 0.3 is 0 Å². The van der Waals surface area contributed by atoms with Gasteiger partial charge in [0.25, 0.3) is 5.91 Å². The Labute approximate surface area is 171 Å². The largest absolute Gasteiger partial charge is 0.327 e. The first-order valence-electron chi connectivity index (χ1n) is 10.4. The highest BCUT2D eigenvalue weighted by molar-refractivity contribution is 6.20. The number of benzene rings is 2. The number of hydrogen-bond acceptors (Lipinski definition) is 3. The third kappa shape index (κ3) is 4.24. The average Bonchev–Trinajstić information content (AvgIpc) is 2.86. The maximum absolute atomic E-state index is 13.1. The third-order valence-corrected chi connectivity index (χ3v) is 5.89. The topological polar surface area (TPSA) is 61.8 Å². The summed E-state index contributed by atoms with van der Waals surface area (Å²) in [4.78, 5) is 32.2. The van der Waals surface area contributed by atoms with Crippen molar-refractivity contribution in [3.05, 3.63) is 65.7 Å². The van der Waals surface area contributed by atoms with Crippen LogP contribution in [0.1, 0.15) is 49.7 Å². The first kappa shape index (κ1) is 19.4. The summed E-state index contributed by atoms with van der Waals surface area (Å²) in [5, 5.41) is 2.90. The molecule has 0 radical (unpaired) electrons. The molecule has 0 spiro atoms. The number of nitrogens with zero attached hydrogens (tertiary/aromatic N) is 2. The maximum atomic E-state index is 13.1. The highest BCUT2D eigenvalue weighted by Gasteiger charge is 2.31. The van der Waals surface area contributed by atoms with Gasteiger partial charge in [-0.25, -0.2) is 4.99 Å². The number of aliphatic imine (C=N–C) groups is 1. The summed E-state index contributed by atoms with van der Waals surface area (Å²) in [6.07, 6.45) is 5.37. The molecule has 1 atom stereocenters. The van der Waals surface area contributed by atoms with Crippen molar-refractivity contribution in [2.75, 3.05) is 11.9 Å². The van der Waals surface area contributed by atoms with E-state index in [1.807, 2.05) is 54.6 Å². The summed E-state index contributed by atoms with van der Waals surface area (Å²) < 4.78 is 0. The zero-order valence-corrected chi connectivity index (χ0v) is 16.8. The SMILES string of the molecule is CN1C(=O)[C@H](NC(=O)CC2CCCCC2)N=C(c2ccccc2)c2ccccc21. The van der Waals surface area contributed by atoms with E-state index in [2.05, 4.69) is 5.32 Å². The Morgan fingerprint density at radius 3 is 2.48 bits per heavy atom. The number of likely N-dealkylation sites (N-methyl/N-ethyl adjacent to an activating group) is 1. The van der Waals surface area contributed by atoms with Gasteiger partial charge in [0.05, 0.1) is 11.4 Å². The number of nitrogens with one attached hydrogen (secondary N) is 1. The lowest BCUT2D eigenvalue weighted by molar-refractivity contribution is -0.128. The van der Waals surface area contributed by atoms with Crippen LogP contribution in [0.4, 0.5) is 5.69 Å². The number of carbonyl (C=O) groups is 2. The fourth-order valence-corrected chi connectivity index (χ4v) is 4.31. The van der Waals surface area contributed by atoms with Crippen molar-refractivity contribution in [2.45, 2.75) is 44.7 Å². The Bertz CT molecular complexity index is 917. The summed E-state index contributed by atoms with van der Waals surface area (Å²) in [7, 11) is 1.74. The first-order chi connectivity index (χ1) is 14.1. The number of para-hydroxylation sites is 1. The molecule has 1 N–H and O–H groups in total. The highest BCUT2D eigenvalue weighted by atomic mass is 16.2. The second kappa shape index (κ2) is 8.60. The van der Waals surface area contributed by atoms with Crippen molar-refractivity contribution in [2.24, 2.45) is 10.9 Å². The molecule has 0 unspecified atom stereocenters. The Hall–Kier alpha value is -2.95. The number of rotatable bonds is 4. The summed E-state index contributed by atoms with van der Waals surface area (Å²) >= 11 is 0. The van der Waals surface area contributed by atoms with Crippen LogP contribution in [-0.4, -0.2) is 30.7 Å². The van der Waals surface area contributed by atoms with Gasteiger partial charge in [-0.15, -0.1) is 0 Å². The summed E-state index contributed by atoms with van der Waals surface area (Å²) in [6.45, 7) is 0. The Balaban J connectivity index is 1.65. The van der Waals surface area contributed by atoms with Crippen molar-refractivity contribution in [3.63, 3.8) is 0 Å². The van der Waals surface area contributed by atoms with E-state index in [9.17, 15) is 9.59 Å². The molecule has 2 aliphatic rings. The van der Waals surface area contributed by atoms with Crippen LogP contribution in [-0.2, 0) is 9.59 Å². The summed E-state index contributed by atoms with van der Waals surface area (Å²) in [6, 6.07) is 17.5. The molecule has 0 saturated heterocycles. The van der Waals surface area contributed by atoms with E-state index in [1.54, 1.807) is 11.9 Å². The Morgan fingerprint density at radius 2 is 1.72 bits per heavy atom. The Morgan fingerprint density at radius 1 is 1.03 bits per heavy atom. The van der Waals surface area contributed by atoms with E-state index >= 15 is 0 Å². The fraction of sp³-hybridized carbons (Fsp3) is 0.375. The van der Waals surface area contributed by atoms with Crippen LogP contribution >= 0.6 is 0 Å². The van der Waals surface area contributed by atoms with Crippen LogP contribution in [0.15, 0.2) is 59.6 Å². The van der Waals surface area contributed by atoms with Crippen LogP contribution in [0.25, 0.3) is 0 Å². The number of anilines is 1. The van der Waals surface area contributed by atoms with E-state index in [1.165, 1.54) is 19.3 Å². The second-order valence-electron chi connectivity index (χ2n) is 7.94. The predicted molar refractivity (Wildman–Crippen MR) is 115 cm³/mol. The quantitative estimate of drug-likeness (QED) is 0.862. The molecule has 5 heteroatoms. The smallest absolute Gasteiger partial charge is 0.272 e. The summed E-state index contributed by atoms with van der Waals surface area (Å²) in [5.41, 5.74) is 3.33. The minimum Gasteiger partial charge on any atom is -0.327 e. The second-order valence-corrected chi connectivity index (χ2v) is 7.94. The zero-order chi connectivity index (χ0) is 20.2. The van der Waals surface area contributed by atoms with Gasteiger partial charge in [0.1, 0.15) is 0 Å². The highest BCUT2D eigenvalue weighted by Crippen LogP contribution is 2.28. The summed E-state index contributed by atoms with van der Waals surface area (Å²) in [5.74, 6) is 0.100. The Kier molecular flexibility index (Phi) is 5.74. The lowest BCUT2D eigenvalue weighted by Crippen LogP contribution is -2.46. The normalized spacial score (nSPS) is 19.9. The molecule has 1 fully saturated rings. The van der Waals surface area contributed by atoms with Crippen LogP contribution in [0.3, 0.4) is 0 Å². The van der Waals surface area contributed by atoms with E-state index in [0.717, 1.165) is 35.4 Å². The molecule has 4 rings (SSSR count). The minimum absolute atomic E-state index is 0.0919. The third-order valence-electron chi connectivity index (χ3n) is 5.89. The van der Waals surface area contributed by atoms with Crippen LogP contribution in [0.2, 0.25) is 0 Å². The van der Waals surface area contributed by atoms with Gasteiger partial charge < -0.3 is 10.2 Å². The zero-order valence-electron chi connectivity index (χ0n) is 16.8. The first-order valence-corrected chi connectivity index (χ1v) is 10.4. The van der Waals surface area contributed by atoms with E-state index in [0.29, 0.717) is 12.3 Å². The lowest BCUT2D eigenvalue weighted by atomic mass is 9.87. The maximum Gasteiger partial charge on any atom is 0.272 e. The molecule has 2 amide bonds. The predicted octanol–water partition coefficient (Wildman–Crippen LogP) is 3.91. The van der Waals surface area contributed by atoms with Gasteiger partial charge in [-0.2, -0.15) is 0 Å². The van der Waals surface area contributed by atoms with E-state index < -0.39 is 6.17 Å². The molecule has 1 heterocycles. The molecule has 150 valence electrons. The van der Waals surface area contributed by atoms with Crippen LogP contribution < -0.4 is 10.2 Å². The van der Waals surface area contributed by atoms with E-state index in [-0.39, 0.29) is 11.8 Å². The minimum atomic E-state index is -0.918. The molecule has 0 bridgehead atoms. The van der Waals surface area contributed by atoms with Gasteiger partial charge in [-0.05, 0) is 24.8 Å². The standard InChI is InChI=1S/C24H27N3O2/c1-27-20-15-9-8-14-19(20)22(18-12-6-3-7-13-18)26-23(24(27)29)25-21(28)16-17-10-4-2-5-11-17/h3,6-9,12-15,17,23H,2,4-5,10-11,16H2,1H3,(H,25,28)/t23-/m1/s1. The van der Waals surface area contributed by atoms with Crippen LogP contribution in [0, 0.1) is 5.92 Å². The van der Waals surface area contributed by atoms with E-state index in [4.69, 9.17) is 4.99 Å². The number of amides is 2. The number of carbonyl (C=O) groups excluding carboxylic acids is 2. The van der Waals surface area contributed by atoms with Crippen molar-refractivity contribution < 1.29 is 9.59 Å². The lowest BCUT2D eigenvalue weighted by Gasteiger charge is -2.23. The van der Waals surface area contributed by atoms with Gasteiger partial charge in [-0.3, -0.25) is 9.59 Å². The van der Waals surface area contributed by atoms with Gasteiger partial charge in [-0.1, -0.05) is 67.8 Å². The number of benzodiazepines with no additional fused rings is 1. The molecule has 1 saturated carbocycles. The van der Waals surface area contributed by atoms with Crippen molar-refractivity contribution in [3.8, 4) is 0 Å². The van der Waals surface area contributed by atoms with Crippen molar-refractivity contribution in [1.82, 2.24) is 5.32 Å². The van der Waals surface area contributed by atoms with Crippen LogP contribution in [0.5, 0.6) is 0 Å². The molecule has 1 aliphatic carbocycles. The average molecular weight is 389 g/mol. The number of hydrogen-bond donors (Lipinski definition) is 1. The molecule has 2 aromatic rings. The molecule has 29 heavy (non-hydrogen) atoms. The fourth-order valence-electron chi connectivity index (χ4n) is 4.31. The van der Waals surface area contributed by atoms with Crippen molar-refractivity contribution in [1.29, 1.82) is 0 Å². The molecular formula is C24H27N3O2. The molecular weight excluding hydrogens is 362 g/mol. The number of fused-ring (bicyclic) bond motifs is 1. The van der Waals surface area contributed by atoms with Gasteiger partial charge in [0.15, 0.2) is 0 Å². The monoisotopic (exact) mass is 389 g/mol. The van der Waals surface area contributed by atoms with Crippen molar-refractivity contribution >= 4 is 23.2 Å². The molecule has 0 aromatic heterocycles. The van der Waals surface area contributed by atoms with Gasteiger partial charge in [0.2, 0.25) is 12.1 Å². The van der Waals surface area contributed by atoms with Gasteiger partial charge in [0, 0.05) is 24.6 Å². The molecule has 5 nitrogen and oxygen atoms in total. The molecule has 2 aromatic carbocycles.